The molecule has 0 bridgehead atoms. The van der Waals surface area contributed by atoms with Crippen molar-refractivity contribution < 1.29 is 0 Å². The van der Waals surface area contributed by atoms with Gasteiger partial charge in [-0.15, -0.1) is 0 Å². The molecule has 0 saturated carbocycles. The predicted molar refractivity (Wildman–Crippen MR) is 247 cm³/mol. The quantitative estimate of drug-likeness (QED) is 0.122. The molecule has 0 heterocycles. The molecule has 9 rings (SSSR count). The molecule has 0 fully saturated rings. The van der Waals surface area contributed by atoms with Crippen molar-refractivity contribution in [2.75, 3.05) is 9.80 Å². The molecule has 9 aromatic rings. The van der Waals surface area contributed by atoms with Gasteiger partial charge in [0.05, 0.1) is 0 Å². The fraction of sp³-hybridized carbons (Fsp3) is 0. The van der Waals surface area contributed by atoms with E-state index in [1.807, 2.05) is 0 Å². The Balaban J connectivity index is 0.870. The number of nitrogens with zero attached hydrogens (tertiary/aromatic N) is 2. The van der Waals surface area contributed by atoms with Gasteiger partial charge in [0.25, 0.3) is 0 Å². The van der Waals surface area contributed by atoms with Crippen LogP contribution in [-0.2, 0) is 0 Å². The van der Waals surface area contributed by atoms with Gasteiger partial charge in [-0.1, -0.05) is 182 Å². The SMILES string of the molecule is C(=C\c1ccc(-c2ccc(N(c3ccccc3)c3ccc(-c4ccccc4)cc3)cc2)cc1)/c1ccc(-c2ccc(N(c3ccccc3)c3ccccc3)cc2)cc1. The Morgan fingerprint density at radius 2 is 0.397 bits per heavy atom. The molecule has 0 aliphatic heterocycles. The highest BCUT2D eigenvalue weighted by Gasteiger charge is 2.14. The van der Waals surface area contributed by atoms with Crippen molar-refractivity contribution in [2.45, 2.75) is 0 Å². The lowest BCUT2D eigenvalue weighted by Gasteiger charge is -2.26. The lowest BCUT2D eigenvalue weighted by atomic mass is 10.0. The molecule has 0 atom stereocenters. The molecule has 58 heavy (non-hydrogen) atoms. The van der Waals surface area contributed by atoms with Gasteiger partial charge in [-0.25, -0.2) is 0 Å². The largest absolute Gasteiger partial charge is 0.311 e. The van der Waals surface area contributed by atoms with Gasteiger partial charge in [0.15, 0.2) is 0 Å². The van der Waals surface area contributed by atoms with Crippen LogP contribution in [0.1, 0.15) is 11.1 Å². The predicted octanol–water partition coefficient (Wildman–Crippen LogP) is 15.8. The second-order valence-corrected chi connectivity index (χ2v) is 14.3. The number of hydrogen-bond acceptors (Lipinski definition) is 2. The highest BCUT2D eigenvalue weighted by molar-refractivity contribution is 5.81. The molecule has 0 saturated heterocycles. The monoisotopic (exact) mass is 742 g/mol. The Kier molecular flexibility index (Phi) is 10.5. The van der Waals surface area contributed by atoms with Gasteiger partial charge in [0.1, 0.15) is 0 Å². The molecular weight excluding hydrogens is 701 g/mol. The Labute approximate surface area is 341 Å². The van der Waals surface area contributed by atoms with Crippen LogP contribution < -0.4 is 9.80 Å². The first kappa shape index (κ1) is 36.0. The maximum atomic E-state index is 2.31. The fourth-order valence-electron chi connectivity index (χ4n) is 7.43. The summed E-state index contributed by atoms with van der Waals surface area (Å²) in [4.78, 5) is 4.59. The molecule has 0 unspecified atom stereocenters. The van der Waals surface area contributed by atoms with Crippen LogP contribution in [0.15, 0.2) is 243 Å². The first-order valence-electron chi connectivity index (χ1n) is 19.8. The number of hydrogen-bond donors (Lipinski definition) is 0. The summed E-state index contributed by atoms with van der Waals surface area (Å²) in [5.41, 5.74) is 16.2. The highest BCUT2D eigenvalue weighted by Crippen LogP contribution is 2.38. The Morgan fingerprint density at radius 3 is 0.672 bits per heavy atom. The molecule has 0 N–H and O–H groups in total. The topological polar surface area (TPSA) is 6.48 Å². The van der Waals surface area contributed by atoms with Gasteiger partial charge >= 0.3 is 0 Å². The smallest absolute Gasteiger partial charge is 0.0462 e. The van der Waals surface area contributed by atoms with Crippen molar-refractivity contribution in [1.82, 2.24) is 0 Å². The second kappa shape index (κ2) is 17.0. The van der Waals surface area contributed by atoms with E-state index >= 15 is 0 Å². The zero-order valence-electron chi connectivity index (χ0n) is 32.1. The Hall–Kier alpha value is -7.68. The molecule has 0 aliphatic carbocycles. The van der Waals surface area contributed by atoms with Gasteiger partial charge in [0.2, 0.25) is 0 Å². The summed E-state index contributed by atoms with van der Waals surface area (Å²) in [5, 5.41) is 0. The third-order valence-corrected chi connectivity index (χ3v) is 10.5. The first-order chi connectivity index (χ1) is 28.7. The number of anilines is 6. The minimum atomic E-state index is 1.11. The molecule has 0 aliphatic rings. The molecule has 0 aromatic heterocycles. The van der Waals surface area contributed by atoms with Crippen molar-refractivity contribution in [2.24, 2.45) is 0 Å². The van der Waals surface area contributed by atoms with Crippen LogP contribution in [0.2, 0.25) is 0 Å². The molecule has 0 radical (unpaired) electrons. The van der Waals surface area contributed by atoms with E-state index in [0.717, 1.165) is 45.3 Å². The highest BCUT2D eigenvalue weighted by atomic mass is 15.1. The van der Waals surface area contributed by atoms with Gasteiger partial charge in [0, 0.05) is 34.1 Å². The summed E-state index contributed by atoms with van der Waals surface area (Å²) < 4.78 is 0. The second-order valence-electron chi connectivity index (χ2n) is 14.3. The summed E-state index contributed by atoms with van der Waals surface area (Å²) in [6, 6.07) is 86.1. The third kappa shape index (κ3) is 8.14. The van der Waals surface area contributed by atoms with Crippen LogP contribution >= 0.6 is 0 Å². The minimum absolute atomic E-state index is 1.11. The summed E-state index contributed by atoms with van der Waals surface area (Å²) in [7, 11) is 0. The van der Waals surface area contributed by atoms with Crippen molar-refractivity contribution in [1.29, 1.82) is 0 Å². The lowest BCUT2D eigenvalue weighted by molar-refractivity contribution is 1.28. The van der Waals surface area contributed by atoms with E-state index in [0.29, 0.717) is 0 Å². The molecule has 276 valence electrons. The maximum Gasteiger partial charge on any atom is 0.0462 e. The van der Waals surface area contributed by atoms with E-state index in [1.54, 1.807) is 0 Å². The van der Waals surface area contributed by atoms with Crippen LogP contribution in [0.25, 0.3) is 45.5 Å². The first-order valence-corrected chi connectivity index (χ1v) is 19.8. The van der Waals surface area contributed by atoms with Crippen molar-refractivity contribution in [3.8, 4) is 33.4 Å². The third-order valence-electron chi connectivity index (χ3n) is 10.5. The molecule has 0 spiro atoms. The number of benzene rings is 9. The molecular formula is C56H42N2. The summed E-state index contributed by atoms with van der Waals surface area (Å²) >= 11 is 0. The molecule has 0 amide bonds. The molecule has 2 heteroatoms. The summed E-state index contributed by atoms with van der Waals surface area (Å²) in [6.45, 7) is 0. The average Bonchev–Trinajstić information content (AvgIpc) is 3.31. The van der Waals surface area contributed by atoms with Crippen LogP contribution in [0.4, 0.5) is 34.1 Å². The van der Waals surface area contributed by atoms with E-state index in [2.05, 4.69) is 265 Å². The van der Waals surface area contributed by atoms with Crippen LogP contribution in [-0.4, -0.2) is 0 Å². The van der Waals surface area contributed by atoms with Crippen LogP contribution in [0, 0.1) is 0 Å². The minimum Gasteiger partial charge on any atom is -0.311 e. The summed E-state index contributed by atoms with van der Waals surface area (Å²) in [6.07, 6.45) is 4.36. The van der Waals surface area contributed by atoms with Gasteiger partial charge < -0.3 is 9.80 Å². The molecule has 2 nitrogen and oxygen atoms in total. The Bertz CT molecular complexity index is 2650. The van der Waals surface area contributed by atoms with Crippen molar-refractivity contribution >= 4 is 46.3 Å². The Morgan fingerprint density at radius 1 is 0.190 bits per heavy atom. The molecule has 9 aromatic carbocycles. The van der Waals surface area contributed by atoms with Crippen molar-refractivity contribution in [3.05, 3.63) is 254 Å². The zero-order chi connectivity index (χ0) is 38.9. The van der Waals surface area contributed by atoms with E-state index in [9.17, 15) is 0 Å². The lowest BCUT2D eigenvalue weighted by Crippen LogP contribution is -2.09. The van der Waals surface area contributed by atoms with E-state index in [1.165, 1.54) is 33.4 Å². The van der Waals surface area contributed by atoms with Gasteiger partial charge in [-0.3, -0.25) is 0 Å². The van der Waals surface area contributed by atoms with E-state index in [-0.39, 0.29) is 0 Å². The van der Waals surface area contributed by atoms with Crippen LogP contribution in [0.5, 0.6) is 0 Å². The van der Waals surface area contributed by atoms with Crippen molar-refractivity contribution in [3.63, 3.8) is 0 Å². The fourth-order valence-corrected chi connectivity index (χ4v) is 7.43. The number of rotatable bonds is 11. The zero-order valence-corrected chi connectivity index (χ0v) is 32.1. The standard InChI is InChI=1S/C56H42N2/c1-5-13-45(14-6-1)48-31-37-55(38-32-48)58(53-19-11-4-12-20-53)56-41-35-50(36-42-56)47-29-25-44(26-30-47)22-21-43-23-27-46(28-24-43)49-33-39-54(40-34-49)57(51-15-7-2-8-16-51)52-17-9-3-10-18-52/h1-42H/b22-21+. The van der Waals surface area contributed by atoms with Crippen LogP contribution in [0.3, 0.4) is 0 Å². The van der Waals surface area contributed by atoms with Gasteiger partial charge in [-0.2, -0.15) is 0 Å². The van der Waals surface area contributed by atoms with Gasteiger partial charge in [-0.05, 0) is 117 Å². The summed E-state index contributed by atoms with van der Waals surface area (Å²) in [5.74, 6) is 0. The normalized spacial score (nSPS) is 11.0. The van der Waals surface area contributed by atoms with E-state index < -0.39 is 0 Å². The maximum absolute atomic E-state index is 2.31. The number of para-hydroxylation sites is 3. The average molecular weight is 743 g/mol. The van der Waals surface area contributed by atoms with E-state index in [4.69, 9.17) is 0 Å².